The Hall–Kier alpha value is -0.920. The van der Waals surface area contributed by atoms with E-state index in [1.165, 1.54) is 0 Å². The van der Waals surface area contributed by atoms with Gasteiger partial charge in [0.25, 0.3) is 0 Å². The average molecular weight is 168 g/mol. The van der Waals surface area contributed by atoms with Crippen LogP contribution in [0.15, 0.2) is 12.7 Å². The summed E-state index contributed by atoms with van der Waals surface area (Å²) in [5, 5.41) is 0. The Morgan fingerprint density at radius 3 is 2.42 bits per heavy atom. The molecule has 0 aliphatic carbocycles. The Labute approximate surface area is 73.7 Å². The van der Waals surface area contributed by atoms with Crippen LogP contribution < -0.4 is 0 Å². The summed E-state index contributed by atoms with van der Waals surface area (Å²) in [4.78, 5) is 21.1. The van der Waals surface area contributed by atoms with Crippen LogP contribution in [0.4, 0.5) is 0 Å². The molecule has 0 spiro atoms. The SMILES string of the molecule is C=CCCC(CCC=O)C(C)=O. The molecule has 0 aliphatic heterocycles. The van der Waals surface area contributed by atoms with Crippen molar-refractivity contribution >= 4 is 12.1 Å². The molecule has 0 amide bonds. The Bertz CT molecular complexity index is 149. The quantitative estimate of drug-likeness (QED) is 0.431. The average Bonchev–Trinajstić information content (AvgIpc) is 2.04. The lowest BCUT2D eigenvalue weighted by atomic mass is 9.94. The minimum atomic E-state index is 0.0493. The molecule has 1 unspecified atom stereocenters. The first-order chi connectivity index (χ1) is 5.72. The molecule has 0 aliphatic rings. The van der Waals surface area contributed by atoms with E-state index in [1.807, 2.05) is 0 Å². The van der Waals surface area contributed by atoms with Gasteiger partial charge in [-0.2, -0.15) is 0 Å². The van der Waals surface area contributed by atoms with E-state index in [0.717, 1.165) is 19.1 Å². The molecule has 0 saturated heterocycles. The Morgan fingerprint density at radius 2 is 2.00 bits per heavy atom. The largest absolute Gasteiger partial charge is 0.303 e. The number of Topliss-reactive ketones (excluding diaryl/α,β-unsaturated/α-hetero) is 1. The van der Waals surface area contributed by atoms with E-state index >= 15 is 0 Å². The summed E-state index contributed by atoms with van der Waals surface area (Å²) < 4.78 is 0. The number of rotatable bonds is 7. The van der Waals surface area contributed by atoms with Gasteiger partial charge in [0.1, 0.15) is 12.1 Å². The molecule has 0 heterocycles. The van der Waals surface area contributed by atoms with Crippen LogP contribution in [-0.4, -0.2) is 12.1 Å². The maximum Gasteiger partial charge on any atom is 0.132 e. The fraction of sp³-hybridized carbons (Fsp3) is 0.600. The molecular weight excluding hydrogens is 152 g/mol. The number of hydrogen-bond donors (Lipinski definition) is 0. The van der Waals surface area contributed by atoms with E-state index in [-0.39, 0.29) is 11.7 Å². The molecule has 12 heavy (non-hydrogen) atoms. The van der Waals surface area contributed by atoms with Crippen molar-refractivity contribution in [2.24, 2.45) is 5.92 Å². The van der Waals surface area contributed by atoms with Crippen LogP contribution in [0.25, 0.3) is 0 Å². The van der Waals surface area contributed by atoms with Gasteiger partial charge >= 0.3 is 0 Å². The second kappa shape index (κ2) is 6.77. The molecule has 0 aromatic carbocycles. The minimum absolute atomic E-state index is 0.0493. The minimum Gasteiger partial charge on any atom is -0.303 e. The number of aldehydes is 1. The molecular formula is C10H16O2. The first kappa shape index (κ1) is 11.1. The second-order valence-corrected chi connectivity index (χ2v) is 2.92. The van der Waals surface area contributed by atoms with E-state index in [9.17, 15) is 9.59 Å². The zero-order valence-corrected chi connectivity index (χ0v) is 7.58. The van der Waals surface area contributed by atoms with E-state index in [2.05, 4.69) is 6.58 Å². The third-order valence-corrected chi connectivity index (χ3v) is 1.93. The van der Waals surface area contributed by atoms with E-state index in [4.69, 9.17) is 0 Å². The summed E-state index contributed by atoms with van der Waals surface area (Å²) >= 11 is 0. The summed E-state index contributed by atoms with van der Waals surface area (Å²) in [7, 11) is 0. The highest BCUT2D eigenvalue weighted by Gasteiger charge is 2.11. The molecule has 0 fully saturated rings. The van der Waals surface area contributed by atoms with Gasteiger partial charge < -0.3 is 4.79 Å². The Balaban J connectivity index is 3.77. The van der Waals surface area contributed by atoms with Crippen molar-refractivity contribution < 1.29 is 9.59 Å². The summed E-state index contributed by atoms with van der Waals surface area (Å²) in [6.07, 6.45) is 5.52. The smallest absolute Gasteiger partial charge is 0.132 e. The van der Waals surface area contributed by atoms with Crippen molar-refractivity contribution in [2.75, 3.05) is 0 Å². The molecule has 0 N–H and O–H groups in total. The zero-order chi connectivity index (χ0) is 9.40. The maximum absolute atomic E-state index is 11.0. The zero-order valence-electron chi connectivity index (χ0n) is 7.58. The summed E-state index contributed by atoms with van der Waals surface area (Å²) in [5.74, 6) is 0.229. The number of hydrogen-bond acceptors (Lipinski definition) is 2. The molecule has 1 atom stereocenters. The molecule has 0 rings (SSSR count). The van der Waals surface area contributed by atoms with Crippen LogP contribution in [0.5, 0.6) is 0 Å². The fourth-order valence-corrected chi connectivity index (χ4v) is 1.14. The van der Waals surface area contributed by atoms with Gasteiger partial charge in [-0.3, -0.25) is 4.79 Å². The highest BCUT2D eigenvalue weighted by Crippen LogP contribution is 2.14. The van der Waals surface area contributed by atoms with E-state index < -0.39 is 0 Å². The first-order valence-corrected chi connectivity index (χ1v) is 4.27. The van der Waals surface area contributed by atoms with E-state index in [1.54, 1.807) is 13.0 Å². The lowest BCUT2D eigenvalue weighted by Gasteiger charge is -2.09. The number of ketones is 1. The van der Waals surface area contributed by atoms with Crippen molar-refractivity contribution in [3.05, 3.63) is 12.7 Å². The normalized spacial score (nSPS) is 12.1. The van der Waals surface area contributed by atoms with Gasteiger partial charge in [0.15, 0.2) is 0 Å². The van der Waals surface area contributed by atoms with Crippen molar-refractivity contribution in [3.8, 4) is 0 Å². The molecule has 68 valence electrons. The predicted octanol–water partition coefficient (Wildman–Crippen LogP) is 2.14. The van der Waals surface area contributed by atoms with Crippen molar-refractivity contribution in [1.82, 2.24) is 0 Å². The molecule has 0 aromatic heterocycles. The Morgan fingerprint density at radius 1 is 1.42 bits per heavy atom. The van der Waals surface area contributed by atoms with Gasteiger partial charge in [-0.25, -0.2) is 0 Å². The number of allylic oxidation sites excluding steroid dienone is 1. The fourth-order valence-electron chi connectivity index (χ4n) is 1.14. The molecule has 2 heteroatoms. The van der Waals surface area contributed by atoms with E-state index in [0.29, 0.717) is 12.8 Å². The van der Waals surface area contributed by atoms with Crippen molar-refractivity contribution in [2.45, 2.75) is 32.6 Å². The lowest BCUT2D eigenvalue weighted by Crippen LogP contribution is -2.10. The van der Waals surface area contributed by atoms with Gasteiger partial charge in [0.2, 0.25) is 0 Å². The monoisotopic (exact) mass is 168 g/mol. The number of carbonyl (C=O) groups excluding carboxylic acids is 2. The summed E-state index contributed by atoms with van der Waals surface area (Å²) in [5.41, 5.74) is 0. The summed E-state index contributed by atoms with van der Waals surface area (Å²) in [6, 6.07) is 0. The summed E-state index contributed by atoms with van der Waals surface area (Å²) in [6.45, 7) is 5.17. The van der Waals surface area contributed by atoms with Gasteiger partial charge in [-0.15, -0.1) is 6.58 Å². The highest BCUT2D eigenvalue weighted by atomic mass is 16.1. The Kier molecular flexibility index (Phi) is 6.25. The predicted molar refractivity (Wildman–Crippen MR) is 48.9 cm³/mol. The van der Waals surface area contributed by atoms with Crippen LogP contribution in [0.2, 0.25) is 0 Å². The maximum atomic E-state index is 11.0. The van der Waals surface area contributed by atoms with Gasteiger partial charge in [-0.05, 0) is 26.2 Å². The third kappa shape index (κ3) is 4.83. The molecule has 0 saturated carbocycles. The molecule has 2 nitrogen and oxygen atoms in total. The van der Waals surface area contributed by atoms with Gasteiger partial charge in [-0.1, -0.05) is 6.08 Å². The van der Waals surface area contributed by atoms with Gasteiger partial charge in [0, 0.05) is 12.3 Å². The molecule has 0 radical (unpaired) electrons. The van der Waals surface area contributed by atoms with Crippen LogP contribution >= 0.6 is 0 Å². The van der Waals surface area contributed by atoms with Crippen molar-refractivity contribution in [3.63, 3.8) is 0 Å². The third-order valence-electron chi connectivity index (χ3n) is 1.93. The molecule has 0 bridgehead atoms. The van der Waals surface area contributed by atoms with Gasteiger partial charge in [0.05, 0.1) is 0 Å². The van der Waals surface area contributed by atoms with Crippen LogP contribution in [0.1, 0.15) is 32.6 Å². The standard InChI is InChI=1S/C10H16O2/c1-3-4-6-10(9(2)12)7-5-8-11/h3,8,10H,1,4-7H2,2H3. The van der Waals surface area contributed by atoms with Crippen LogP contribution in [0.3, 0.4) is 0 Å². The number of carbonyl (C=O) groups is 2. The van der Waals surface area contributed by atoms with Crippen molar-refractivity contribution in [1.29, 1.82) is 0 Å². The topological polar surface area (TPSA) is 34.1 Å². The van der Waals surface area contributed by atoms with Crippen LogP contribution in [-0.2, 0) is 9.59 Å². The first-order valence-electron chi connectivity index (χ1n) is 4.27. The lowest BCUT2D eigenvalue weighted by molar-refractivity contribution is -0.121. The molecule has 0 aromatic rings. The highest BCUT2D eigenvalue weighted by molar-refractivity contribution is 5.78. The second-order valence-electron chi connectivity index (χ2n) is 2.92. The van der Waals surface area contributed by atoms with Crippen LogP contribution in [0, 0.1) is 5.92 Å².